The predicted molar refractivity (Wildman–Crippen MR) is 88.8 cm³/mol. The fraction of sp³-hybridized carbons (Fsp3) is 0.312. The highest BCUT2D eigenvalue weighted by Crippen LogP contribution is 2.24. The third kappa shape index (κ3) is 3.24. The Labute approximate surface area is 135 Å². The summed E-state index contributed by atoms with van der Waals surface area (Å²) in [6.07, 6.45) is 2.53. The summed E-state index contributed by atoms with van der Waals surface area (Å²) >= 11 is 0. The number of hydrogen-bond donors (Lipinski definition) is 1. The molecule has 0 spiro atoms. The summed E-state index contributed by atoms with van der Waals surface area (Å²) in [6, 6.07) is 10.6. The molecule has 2 heterocycles. The van der Waals surface area contributed by atoms with E-state index in [1.165, 1.54) is 4.31 Å². The number of aryl methyl sites for hydroxylation is 1. The molecule has 0 radical (unpaired) electrons. The standard InChI is InChI=1S/C16H19N3O3S/c1-18-8-3-7-15(18)12-17-16(20)13-5-2-6-14(11-13)19-9-4-10-23(19,21)22/h2-3,5-8,11H,4,9-10,12H2,1H3,(H,17,20). The lowest BCUT2D eigenvalue weighted by Gasteiger charge is -2.17. The molecule has 1 aliphatic rings. The predicted octanol–water partition coefficient (Wildman–Crippen LogP) is 1.50. The minimum atomic E-state index is -3.24. The van der Waals surface area contributed by atoms with Gasteiger partial charge in [0.05, 0.1) is 18.0 Å². The van der Waals surface area contributed by atoms with Gasteiger partial charge in [0.15, 0.2) is 0 Å². The minimum absolute atomic E-state index is 0.164. The van der Waals surface area contributed by atoms with Crippen molar-refractivity contribution in [2.75, 3.05) is 16.6 Å². The molecule has 7 heteroatoms. The Morgan fingerprint density at radius 3 is 2.74 bits per heavy atom. The van der Waals surface area contributed by atoms with Crippen LogP contribution in [0.15, 0.2) is 42.6 Å². The van der Waals surface area contributed by atoms with Crippen LogP contribution in [-0.4, -0.2) is 31.2 Å². The third-order valence-electron chi connectivity index (χ3n) is 3.98. The van der Waals surface area contributed by atoms with Crippen molar-refractivity contribution in [2.24, 2.45) is 7.05 Å². The summed E-state index contributed by atoms with van der Waals surface area (Å²) < 4.78 is 27.3. The van der Waals surface area contributed by atoms with Crippen molar-refractivity contribution in [1.82, 2.24) is 9.88 Å². The molecule has 0 bridgehead atoms. The van der Waals surface area contributed by atoms with E-state index in [0.29, 0.717) is 30.8 Å². The van der Waals surface area contributed by atoms with E-state index in [2.05, 4.69) is 5.32 Å². The smallest absolute Gasteiger partial charge is 0.251 e. The molecule has 1 fully saturated rings. The zero-order chi connectivity index (χ0) is 16.4. The molecule has 0 aliphatic carbocycles. The molecule has 0 saturated carbocycles. The summed E-state index contributed by atoms with van der Waals surface area (Å²) in [5.41, 5.74) is 2.00. The molecule has 6 nitrogen and oxygen atoms in total. The number of sulfonamides is 1. The number of aromatic nitrogens is 1. The first-order chi connectivity index (χ1) is 11.0. The van der Waals surface area contributed by atoms with Gasteiger partial charge in [0.1, 0.15) is 0 Å². The van der Waals surface area contributed by atoms with Crippen LogP contribution in [0.5, 0.6) is 0 Å². The van der Waals surface area contributed by atoms with E-state index >= 15 is 0 Å². The van der Waals surface area contributed by atoms with Crippen LogP contribution in [0, 0.1) is 0 Å². The molecular weight excluding hydrogens is 314 g/mol. The van der Waals surface area contributed by atoms with Gasteiger partial charge in [-0.25, -0.2) is 8.42 Å². The van der Waals surface area contributed by atoms with Crippen molar-refractivity contribution in [1.29, 1.82) is 0 Å². The second-order valence-corrected chi connectivity index (χ2v) is 7.60. The number of carbonyl (C=O) groups excluding carboxylic acids is 1. The number of rotatable bonds is 4. The van der Waals surface area contributed by atoms with Crippen LogP contribution >= 0.6 is 0 Å². The van der Waals surface area contributed by atoms with Gasteiger partial charge >= 0.3 is 0 Å². The van der Waals surface area contributed by atoms with Gasteiger partial charge in [-0.3, -0.25) is 9.10 Å². The number of anilines is 1. The van der Waals surface area contributed by atoms with Crippen molar-refractivity contribution in [3.8, 4) is 0 Å². The zero-order valence-corrected chi connectivity index (χ0v) is 13.7. The van der Waals surface area contributed by atoms with E-state index in [1.807, 2.05) is 29.9 Å². The molecule has 0 atom stereocenters. The second-order valence-electron chi connectivity index (χ2n) is 5.59. The van der Waals surface area contributed by atoms with E-state index in [9.17, 15) is 13.2 Å². The van der Waals surface area contributed by atoms with Crippen molar-refractivity contribution < 1.29 is 13.2 Å². The van der Waals surface area contributed by atoms with Gasteiger partial charge in [-0.1, -0.05) is 6.07 Å². The number of benzene rings is 1. The number of hydrogen-bond acceptors (Lipinski definition) is 3. The monoisotopic (exact) mass is 333 g/mol. The van der Waals surface area contributed by atoms with Gasteiger partial charge in [-0.15, -0.1) is 0 Å². The Bertz CT molecular complexity index is 827. The summed E-state index contributed by atoms with van der Waals surface area (Å²) in [5.74, 6) is -0.0543. The van der Waals surface area contributed by atoms with Crippen LogP contribution in [0.4, 0.5) is 5.69 Å². The Morgan fingerprint density at radius 1 is 1.26 bits per heavy atom. The molecular formula is C16H19N3O3S. The number of nitrogens with one attached hydrogen (secondary N) is 1. The first-order valence-corrected chi connectivity index (χ1v) is 9.07. The maximum absolute atomic E-state index is 12.3. The lowest BCUT2D eigenvalue weighted by Crippen LogP contribution is -2.27. The van der Waals surface area contributed by atoms with Gasteiger partial charge in [-0.05, 0) is 36.8 Å². The van der Waals surface area contributed by atoms with Crippen molar-refractivity contribution >= 4 is 21.6 Å². The van der Waals surface area contributed by atoms with Crippen LogP contribution < -0.4 is 9.62 Å². The van der Waals surface area contributed by atoms with Crippen molar-refractivity contribution in [3.05, 3.63) is 53.9 Å². The van der Waals surface area contributed by atoms with Crippen LogP contribution in [0.25, 0.3) is 0 Å². The van der Waals surface area contributed by atoms with Crippen molar-refractivity contribution in [3.63, 3.8) is 0 Å². The average Bonchev–Trinajstić information content (AvgIpc) is 3.10. The van der Waals surface area contributed by atoms with E-state index in [4.69, 9.17) is 0 Å². The SMILES string of the molecule is Cn1cccc1CNC(=O)c1cccc(N2CCCS2(=O)=O)c1. The third-order valence-corrected chi connectivity index (χ3v) is 5.85. The summed E-state index contributed by atoms with van der Waals surface area (Å²) in [6.45, 7) is 0.894. The van der Waals surface area contributed by atoms with E-state index in [0.717, 1.165) is 5.69 Å². The van der Waals surface area contributed by atoms with Crippen LogP contribution in [0.3, 0.4) is 0 Å². The molecule has 23 heavy (non-hydrogen) atoms. The summed E-state index contributed by atoms with van der Waals surface area (Å²) in [4.78, 5) is 12.3. The molecule has 1 aromatic carbocycles. The topological polar surface area (TPSA) is 71.4 Å². The zero-order valence-electron chi connectivity index (χ0n) is 12.9. The first-order valence-electron chi connectivity index (χ1n) is 7.46. The average molecular weight is 333 g/mol. The fourth-order valence-corrected chi connectivity index (χ4v) is 4.24. The molecule has 122 valence electrons. The van der Waals surface area contributed by atoms with Gasteiger partial charge in [0.2, 0.25) is 10.0 Å². The molecule has 1 aliphatic heterocycles. The Hall–Kier alpha value is -2.28. The van der Waals surface area contributed by atoms with E-state index in [1.54, 1.807) is 24.3 Å². The normalized spacial score (nSPS) is 16.5. The minimum Gasteiger partial charge on any atom is -0.353 e. The number of nitrogens with zero attached hydrogens (tertiary/aromatic N) is 2. The van der Waals surface area contributed by atoms with E-state index in [-0.39, 0.29) is 11.7 Å². The van der Waals surface area contributed by atoms with Crippen LogP contribution in [0.2, 0.25) is 0 Å². The van der Waals surface area contributed by atoms with E-state index < -0.39 is 10.0 Å². The first kappa shape index (κ1) is 15.6. The summed E-state index contributed by atoms with van der Waals surface area (Å²) in [5, 5.41) is 2.85. The maximum atomic E-state index is 12.3. The number of amides is 1. The molecule has 1 saturated heterocycles. The Balaban J connectivity index is 1.74. The molecule has 0 unspecified atom stereocenters. The quantitative estimate of drug-likeness (QED) is 0.921. The molecule has 1 amide bonds. The van der Waals surface area contributed by atoms with Crippen LogP contribution in [0.1, 0.15) is 22.5 Å². The van der Waals surface area contributed by atoms with Crippen molar-refractivity contribution in [2.45, 2.75) is 13.0 Å². The second kappa shape index (κ2) is 6.08. The van der Waals surface area contributed by atoms with Gasteiger partial charge in [0.25, 0.3) is 5.91 Å². The van der Waals surface area contributed by atoms with Crippen LogP contribution in [-0.2, 0) is 23.6 Å². The molecule has 3 rings (SSSR count). The highest BCUT2D eigenvalue weighted by Gasteiger charge is 2.28. The number of carbonyl (C=O) groups is 1. The highest BCUT2D eigenvalue weighted by molar-refractivity contribution is 7.93. The summed E-state index contributed by atoms with van der Waals surface area (Å²) in [7, 11) is -1.32. The fourth-order valence-electron chi connectivity index (χ4n) is 2.68. The lowest BCUT2D eigenvalue weighted by atomic mass is 10.2. The van der Waals surface area contributed by atoms with Gasteiger partial charge in [-0.2, -0.15) is 0 Å². The largest absolute Gasteiger partial charge is 0.353 e. The van der Waals surface area contributed by atoms with Gasteiger partial charge in [0, 0.05) is 31.0 Å². The Kier molecular flexibility index (Phi) is 4.12. The van der Waals surface area contributed by atoms with Gasteiger partial charge < -0.3 is 9.88 Å². The Morgan fingerprint density at radius 2 is 2.09 bits per heavy atom. The molecule has 1 aromatic heterocycles. The highest BCUT2D eigenvalue weighted by atomic mass is 32.2. The molecule has 1 N–H and O–H groups in total. The molecule has 2 aromatic rings. The lowest BCUT2D eigenvalue weighted by molar-refractivity contribution is 0.0950. The maximum Gasteiger partial charge on any atom is 0.251 e.